The van der Waals surface area contributed by atoms with Crippen molar-refractivity contribution in [2.45, 2.75) is 32.7 Å². The molecule has 122 valence electrons. The maximum atomic E-state index is 10.8. The van der Waals surface area contributed by atoms with E-state index in [4.69, 9.17) is 9.47 Å². The summed E-state index contributed by atoms with van der Waals surface area (Å²) in [6.07, 6.45) is -0.198. The van der Waals surface area contributed by atoms with Gasteiger partial charge in [0.1, 0.15) is 30.5 Å². The van der Waals surface area contributed by atoms with Gasteiger partial charge in [-0.1, -0.05) is 30.3 Å². The van der Waals surface area contributed by atoms with Gasteiger partial charge >= 0.3 is 0 Å². The molecule has 2 atom stereocenters. The largest absolute Gasteiger partial charge is 0.508 e. The minimum absolute atomic E-state index is 0.105. The van der Waals surface area contributed by atoms with Gasteiger partial charge in [0.2, 0.25) is 0 Å². The highest BCUT2D eigenvalue weighted by Gasteiger charge is 2.19. The number of hydrogen-bond acceptors (Lipinski definition) is 4. The van der Waals surface area contributed by atoms with E-state index >= 15 is 0 Å². The highest BCUT2D eigenvalue weighted by atomic mass is 79.9. The predicted octanol–water partition coefficient (Wildman–Crippen LogP) is 4.40. The van der Waals surface area contributed by atoms with E-state index in [0.29, 0.717) is 22.4 Å². The number of carbonyl (C=O) groups excluding carboxylic acids is 1. The third-order valence-corrected chi connectivity index (χ3v) is 3.92. The summed E-state index contributed by atoms with van der Waals surface area (Å²) in [4.78, 5) is 10.8. The molecule has 1 N–H and O–H groups in total. The van der Waals surface area contributed by atoms with E-state index in [1.54, 1.807) is 19.1 Å². The minimum Gasteiger partial charge on any atom is -0.508 e. The molecule has 0 bridgehead atoms. The number of aldehydes is 1. The first-order chi connectivity index (χ1) is 11.0. The quantitative estimate of drug-likeness (QED) is 0.725. The van der Waals surface area contributed by atoms with Crippen molar-refractivity contribution in [1.82, 2.24) is 0 Å². The Morgan fingerprint density at radius 3 is 2.57 bits per heavy atom. The molecule has 0 aliphatic rings. The molecule has 0 saturated carbocycles. The van der Waals surface area contributed by atoms with Crippen molar-refractivity contribution in [3.8, 4) is 11.5 Å². The first-order valence-corrected chi connectivity index (χ1v) is 8.10. The normalized spacial score (nSPS) is 13.3. The van der Waals surface area contributed by atoms with Gasteiger partial charge in [-0.3, -0.25) is 0 Å². The molecule has 0 saturated heterocycles. The van der Waals surface area contributed by atoms with Gasteiger partial charge in [0.15, 0.2) is 0 Å². The summed E-state index contributed by atoms with van der Waals surface area (Å²) in [5, 5.41) is 9.83. The second-order valence-electron chi connectivity index (χ2n) is 5.24. The molecule has 0 spiro atoms. The van der Waals surface area contributed by atoms with Crippen LogP contribution in [0.2, 0.25) is 0 Å². The first-order valence-electron chi connectivity index (χ1n) is 7.31. The van der Waals surface area contributed by atoms with E-state index in [-0.39, 0.29) is 5.75 Å². The topological polar surface area (TPSA) is 55.8 Å². The van der Waals surface area contributed by atoms with Crippen LogP contribution in [0.4, 0.5) is 0 Å². The van der Waals surface area contributed by atoms with Gasteiger partial charge < -0.3 is 19.4 Å². The molecule has 0 fully saturated rings. The summed E-state index contributed by atoms with van der Waals surface area (Å²) >= 11 is 3.41. The average Bonchev–Trinajstić information content (AvgIpc) is 2.54. The Morgan fingerprint density at radius 1 is 1.22 bits per heavy atom. The van der Waals surface area contributed by atoms with E-state index in [1.807, 2.05) is 37.3 Å². The Balaban J connectivity index is 2.24. The lowest BCUT2D eigenvalue weighted by atomic mass is 10.1. The fourth-order valence-corrected chi connectivity index (χ4v) is 2.79. The molecule has 2 aromatic rings. The van der Waals surface area contributed by atoms with Crippen LogP contribution in [0.5, 0.6) is 11.5 Å². The molecule has 0 unspecified atom stereocenters. The number of carbonyl (C=O) groups is 1. The van der Waals surface area contributed by atoms with Gasteiger partial charge in [-0.15, -0.1) is 0 Å². The summed E-state index contributed by atoms with van der Waals surface area (Å²) in [5.41, 5.74) is 1.72. The summed E-state index contributed by atoms with van der Waals surface area (Å²) in [5.74, 6) is 0.699. The van der Waals surface area contributed by atoms with Crippen molar-refractivity contribution < 1.29 is 19.4 Å². The van der Waals surface area contributed by atoms with Gasteiger partial charge in [-0.25, -0.2) is 0 Å². The summed E-state index contributed by atoms with van der Waals surface area (Å²) in [6, 6.07) is 13.0. The Kier molecular flexibility index (Phi) is 6.19. The number of ether oxygens (including phenoxy) is 2. The van der Waals surface area contributed by atoms with E-state index in [1.165, 1.54) is 0 Å². The molecule has 2 rings (SSSR count). The molecule has 2 aromatic carbocycles. The highest BCUT2D eigenvalue weighted by molar-refractivity contribution is 9.10. The summed E-state index contributed by atoms with van der Waals surface area (Å²) < 4.78 is 12.2. The van der Waals surface area contributed by atoms with Crippen LogP contribution in [-0.2, 0) is 16.1 Å². The molecule has 23 heavy (non-hydrogen) atoms. The number of phenols is 1. The standard InChI is InChI=1S/C18H19BrO4/c1-12(10-20)23-13(2)16-8-15(21)9-17(19)18(16)22-11-14-6-4-3-5-7-14/h3-10,12-13,21H,11H2,1-2H3/t12-,13+/m1/s1. The molecule has 0 aliphatic carbocycles. The molecular weight excluding hydrogens is 360 g/mol. The van der Waals surface area contributed by atoms with E-state index in [0.717, 1.165) is 11.8 Å². The van der Waals surface area contributed by atoms with Crippen molar-refractivity contribution in [2.75, 3.05) is 0 Å². The SMILES string of the molecule is C[C@H](C=O)O[C@@H](C)c1cc(O)cc(Br)c1OCc1ccccc1. The molecule has 5 heteroatoms. The van der Waals surface area contributed by atoms with Gasteiger partial charge in [-0.05, 0) is 47.5 Å². The molecule has 0 heterocycles. The van der Waals surface area contributed by atoms with Gasteiger partial charge in [0, 0.05) is 5.56 Å². The van der Waals surface area contributed by atoms with Gasteiger partial charge in [-0.2, -0.15) is 0 Å². The average molecular weight is 379 g/mol. The fraction of sp³-hybridized carbons (Fsp3) is 0.278. The third kappa shape index (κ3) is 4.81. The van der Waals surface area contributed by atoms with Crippen LogP contribution in [0.25, 0.3) is 0 Å². The lowest BCUT2D eigenvalue weighted by Crippen LogP contribution is -2.13. The minimum atomic E-state index is -0.534. The van der Waals surface area contributed by atoms with Crippen molar-refractivity contribution in [3.05, 3.63) is 58.1 Å². The van der Waals surface area contributed by atoms with E-state index in [9.17, 15) is 9.90 Å². The van der Waals surface area contributed by atoms with Crippen LogP contribution < -0.4 is 4.74 Å². The van der Waals surface area contributed by atoms with Crippen molar-refractivity contribution in [2.24, 2.45) is 0 Å². The number of halogens is 1. The molecule has 0 radical (unpaired) electrons. The second-order valence-corrected chi connectivity index (χ2v) is 6.09. The van der Waals surface area contributed by atoms with E-state index in [2.05, 4.69) is 15.9 Å². The maximum absolute atomic E-state index is 10.8. The van der Waals surface area contributed by atoms with Crippen LogP contribution in [-0.4, -0.2) is 17.5 Å². The van der Waals surface area contributed by atoms with Crippen molar-refractivity contribution >= 4 is 22.2 Å². The summed E-state index contributed by atoms with van der Waals surface area (Å²) in [7, 11) is 0. The molecule has 0 aliphatic heterocycles. The Hall–Kier alpha value is -1.85. The highest BCUT2D eigenvalue weighted by Crippen LogP contribution is 2.38. The van der Waals surface area contributed by atoms with Gasteiger partial charge in [0.05, 0.1) is 10.6 Å². The number of hydrogen-bond donors (Lipinski definition) is 1. The maximum Gasteiger partial charge on any atom is 0.148 e. The lowest BCUT2D eigenvalue weighted by molar-refractivity contribution is -0.120. The predicted molar refractivity (Wildman–Crippen MR) is 91.6 cm³/mol. The first kappa shape index (κ1) is 17.5. The number of benzene rings is 2. The Morgan fingerprint density at radius 2 is 1.91 bits per heavy atom. The Labute approximate surface area is 144 Å². The fourth-order valence-electron chi connectivity index (χ4n) is 2.21. The Bertz CT molecular complexity index is 658. The van der Waals surface area contributed by atoms with Gasteiger partial charge in [0.25, 0.3) is 0 Å². The third-order valence-electron chi connectivity index (χ3n) is 3.33. The zero-order valence-corrected chi connectivity index (χ0v) is 14.6. The van der Waals surface area contributed by atoms with Crippen LogP contribution in [0, 0.1) is 0 Å². The van der Waals surface area contributed by atoms with Crippen molar-refractivity contribution in [1.29, 1.82) is 0 Å². The second kappa shape index (κ2) is 8.13. The lowest BCUT2D eigenvalue weighted by Gasteiger charge is -2.20. The number of rotatable bonds is 7. The van der Waals surface area contributed by atoms with Crippen LogP contribution in [0.3, 0.4) is 0 Å². The van der Waals surface area contributed by atoms with Crippen LogP contribution in [0.1, 0.15) is 31.1 Å². The summed E-state index contributed by atoms with van der Waals surface area (Å²) in [6.45, 7) is 3.88. The number of phenolic OH excluding ortho intramolecular Hbond substituents is 1. The number of aromatic hydroxyl groups is 1. The van der Waals surface area contributed by atoms with Crippen LogP contribution in [0.15, 0.2) is 46.9 Å². The molecule has 4 nitrogen and oxygen atoms in total. The van der Waals surface area contributed by atoms with Crippen LogP contribution >= 0.6 is 15.9 Å². The molecular formula is C18H19BrO4. The zero-order valence-electron chi connectivity index (χ0n) is 13.0. The van der Waals surface area contributed by atoms with Crippen molar-refractivity contribution in [3.63, 3.8) is 0 Å². The molecule has 0 aromatic heterocycles. The smallest absolute Gasteiger partial charge is 0.148 e. The molecule has 0 amide bonds. The zero-order chi connectivity index (χ0) is 16.8. The van der Waals surface area contributed by atoms with E-state index < -0.39 is 12.2 Å². The monoisotopic (exact) mass is 378 g/mol.